The minimum Gasteiger partial charge on any atom is -0.365 e. The van der Waals surface area contributed by atoms with Crippen molar-refractivity contribution < 1.29 is 13.6 Å². The van der Waals surface area contributed by atoms with Gasteiger partial charge in [0.25, 0.3) is 5.91 Å². The number of aryl methyl sites for hydroxylation is 1. The molecule has 170 valence electrons. The van der Waals surface area contributed by atoms with Crippen molar-refractivity contribution in [3.8, 4) is 17.1 Å². The Morgan fingerprint density at radius 3 is 2.59 bits per heavy atom. The van der Waals surface area contributed by atoms with Crippen molar-refractivity contribution in [2.24, 2.45) is 5.73 Å². The Morgan fingerprint density at radius 1 is 1.09 bits per heavy atom. The standard InChI is InChI=1S/C24H19F2N7O/c1-14-4-2-7-23(30-14)33-20(15-8-9-32-21(10-15)17(13-29-32)24(27)34)11-22(31-33)28-12-16-18(25)5-3-6-19(16)26/h2-11,13H,12H2,1H3,(H2,27,34)(H,28,31). The number of primary amides is 1. The molecule has 34 heavy (non-hydrogen) atoms. The van der Waals surface area contributed by atoms with Gasteiger partial charge in [-0.3, -0.25) is 4.79 Å². The Kier molecular flexibility index (Phi) is 5.25. The molecule has 0 saturated carbocycles. The van der Waals surface area contributed by atoms with Gasteiger partial charge < -0.3 is 11.1 Å². The summed E-state index contributed by atoms with van der Waals surface area (Å²) in [6.45, 7) is 1.77. The van der Waals surface area contributed by atoms with E-state index in [-0.39, 0.29) is 17.7 Å². The SMILES string of the molecule is Cc1cccc(-n2nc(NCc3c(F)cccc3F)cc2-c2ccn3ncc(C(N)=O)c3c2)n1. The second-order valence-corrected chi connectivity index (χ2v) is 7.69. The normalized spacial score (nSPS) is 11.1. The number of nitrogens with one attached hydrogen (secondary N) is 1. The lowest BCUT2D eigenvalue weighted by atomic mass is 10.1. The Labute approximate surface area is 192 Å². The fourth-order valence-corrected chi connectivity index (χ4v) is 3.70. The molecule has 4 aromatic heterocycles. The van der Waals surface area contributed by atoms with Crippen LogP contribution in [-0.4, -0.2) is 30.3 Å². The number of fused-ring (bicyclic) bond motifs is 1. The molecule has 0 bridgehead atoms. The van der Waals surface area contributed by atoms with Crippen LogP contribution in [0.2, 0.25) is 0 Å². The number of nitrogens with two attached hydrogens (primary N) is 1. The minimum absolute atomic E-state index is 0.0842. The molecular weight excluding hydrogens is 440 g/mol. The molecule has 0 aliphatic carbocycles. The Morgan fingerprint density at radius 2 is 1.85 bits per heavy atom. The van der Waals surface area contributed by atoms with Crippen molar-refractivity contribution in [2.45, 2.75) is 13.5 Å². The summed E-state index contributed by atoms with van der Waals surface area (Å²) >= 11 is 0. The summed E-state index contributed by atoms with van der Waals surface area (Å²) in [6, 6.07) is 14.6. The first-order valence-corrected chi connectivity index (χ1v) is 10.4. The van der Waals surface area contributed by atoms with E-state index in [9.17, 15) is 13.6 Å². The molecular formula is C24H19F2N7O. The van der Waals surface area contributed by atoms with E-state index < -0.39 is 17.5 Å². The average Bonchev–Trinajstić information content (AvgIpc) is 3.43. The number of aromatic nitrogens is 5. The zero-order chi connectivity index (χ0) is 23.8. The number of anilines is 1. The van der Waals surface area contributed by atoms with Gasteiger partial charge in [-0.2, -0.15) is 5.10 Å². The first-order chi connectivity index (χ1) is 16.4. The van der Waals surface area contributed by atoms with Crippen LogP contribution in [0.3, 0.4) is 0 Å². The average molecular weight is 459 g/mol. The predicted octanol–water partition coefficient (Wildman–Crippen LogP) is 3.88. The van der Waals surface area contributed by atoms with Crippen LogP contribution in [0.4, 0.5) is 14.6 Å². The number of carbonyl (C=O) groups excluding carboxylic acids is 1. The quantitative estimate of drug-likeness (QED) is 0.401. The van der Waals surface area contributed by atoms with E-state index >= 15 is 0 Å². The molecule has 1 amide bonds. The third kappa shape index (κ3) is 3.85. The number of nitrogens with zero attached hydrogens (tertiary/aromatic N) is 5. The van der Waals surface area contributed by atoms with Crippen LogP contribution >= 0.6 is 0 Å². The summed E-state index contributed by atoms with van der Waals surface area (Å²) in [5, 5.41) is 11.7. The molecule has 3 N–H and O–H groups in total. The van der Waals surface area contributed by atoms with Crippen molar-refractivity contribution in [1.29, 1.82) is 0 Å². The molecule has 4 heterocycles. The minimum atomic E-state index is -0.641. The van der Waals surface area contributed by atoms with E-state index in [0.717, 1.165) is 11.3 Å². The lowest BCUT2D eigenvalue weighted by molar-refractivity contribution is 0.100. The summed E-state index contributed by atoms with van der Waals surface area (Å²) in [4.78, 5) is 16.3. The lowest BCUT2D eigenvalue weighted by Gasteiger charge is -2.08. The largest absolute Gasteiger partial charge is 0.365 e. The number of rotatable bonds is 6. The molecule has 0 fully saturated rings. The van der Waals surface area contributed by atoms with Gasteiger partial charge in [0.05, 0.1) is 23.0 Å². The van der Waals surface area contributed by atoms with E-state index in [1.165, 1.54) is 24.4 Å². The third-order valence-corrected chi connectivity index (χ3v) is 5.39. The number of amides is 1. The maximum Gasteiger partial charge on any atom is 0.252 e. The predicted molar refractivity (Wildman–Crippen MR) is 122 cm³/mol. The van der Waals surface area contributed by atoms with E-state index in [2.05, 4.69) is 20.5 Å². The van der Waals surface area contributed by atoms with E-state index in [1.807, 2.05) is 25.1 Å². The van der Waals surface area contributed by atoms with Crippen LogP contribution < -0.4 is 11.1 Å². The van der Waals surface area contributed by atoms with Crippen molar-refractivity contribution in [2.75, 3.05) is 5.32 Å². The first-order valence-electron chi connectivity index (χ1n) is 10.4. The van der Waals surface area contributed by atoms with Crippen LogP contribution in [0, 0.1) is 18.6 Å². The summed E-state index contributed by atoms with van der Waals surface area (Å²) < 4.78 is 31.3. The molecule has 5 aromatic rings. The molecule has 8 nitrogen and oxygen atoms in total. The highest BCUT2D eigenvalue weighted by atomic mass is 19.1. The molecule has 0 aliphatic rings. The fourth-order valence-electron chi connectivity index (χ4n) is 3.70. The van der Waals surface area contributed by atoms with Crippen molar-refractivity contribution >= 4 is 17.2 Å². The smallest absolute Gasteiger partial charge is 0.252 e. The van der Waals surface area contributed by atoms with Crippen LogP contribution in [0.1, 0.15) is 21.6 Å². The maximum absolute atomic E-state index is 14.1. The van der Waals surface area contributed by atoms with Crippen LogP contribution in [0.5, 0.6) is 0 Å². The summed E-state index contributed by atoms with van der Waals surface area (Å²) in [7, 11) is 0. The van der Waals surface area contributed by atoms with Gasteiger partial charge >= 0.3 is 0 Å². The topological polar surface area (TPSA) is 103 Å². The number of halogens is 2. The number of hydrogen-bond acceptors (Lipinski definition) is 5. The molecule has 0 saturated heterocycles. The number of benzene rings is 1. The first kappa shape index (κ1) is 21.3. The molecule has 0 spiro atoms. The highest BCUT2D eigenvalue weighted by Gasteiger charge is 2.17. The van der Waals surface area contributed by atoms with E-state index in [0.29, 0.717) is 22.8 Å². The summed E-state index contributed by atoms with van der Waals surface area (Å²) in [5.74, 6) is -0.918. The van der Waals surface area contributed by atoms with Crippen LogP contribution in [0.15, 0.2) is 67.0 Å². The second-order valence-electron chi connectivity index (χ2n) is 7.69. The van der Waals surface area contributed by atoms with Crippen LogP contribution in [-0.2, 0) is 6.54 Å². The molecule has 10 heteroatoms. The zero-order valence-electron chi connectivity index (χ0n) is 18.0. The molecule has 0 radical (unpaired) electrons. The van der Waals surface area contributed by atoms with Gasteiger partial charge in [0.15, 0.2) is 5.82 Å². The van der Waals surface area contributed by atoms with Crippen molar-refractivity contribution in [3.63, 3.8) is 0 Å². The Bertz CT molecular complexity index is 1520. The number of pyridine rings is 2. The van der Waals surface area contributed by atoms with Crippen LogP contribution in [0.25, 0.3) is 22.6 Å². The monoisotopic (exact) mass is 459 g/mol. The number of hydrogen-bond donors (Lipinski definition) is 2. The van der Waals surface area contributed by atoms with E-state index in [4.69, 9.17) is 5.73 Å². The van der Waals surface area contributed by atoms with E-state index in [1.54, 1.807) is 33.6 Å². The van der Waals surface area contributed by atoms with Gasteiger partial charge in [-0.25, -0.2) is 23.0 Å². The second kappa shape index (κ2) is 8.39. The summed E-state index contributed by atoms with van der Waals surface area (Å²) in [6.07, 6.45) is 3.12. The van der Waals surface area contributed by atoms with Gasteiger partial charge in [0, 0.05) is 35.6 Å². The van der Waals surface area contributed by atoms with Gasteiger partial charge in [0.2, 0.25) is 0 Å². The van der Waals surface area contributed by atoms with Gasteiger partial charge in [-0.15, -0.1) is 5.10 Å². The van der Waals surface area contributed by atoms with Gasteiger partial charge in [-0.1, -0.05) is 12.1 Å². The zero-order valence-corrected chi connectivity index (χ0v) is 18.0. The fraction of sp³-hybridized carbons (Fsp3) is 0.0833. The van der Waals surface area contributed by atoms with Crippen molar-refractivity contribution in [1.82, 2.24) is 24.4 Å². The molecule has 1 aromatic carbocycles. The van der Waals surface area contributed by atoms with Crippen molar-refractivity contribution in [3.05, 3.63) is 95.4 Å². The lowest BCUT2D eigenvalue weighted by Crippen LogP contribution is -2.10. The Balaban J connectivity index is 1.59. The molecule has 0 unspecified atom stereocenters. The highest BCUT2D eigenvalue weighted by molar-refractivity contribution is 6.00. The highest BCUT2D eigenvalue weighted by Crippen LogP contribution is 2.28. The number of carbonyl (C=O) groups is 1. The molecule has 0 aliphatic heterocycles. The molecule has 5 rings (SSSR count). The van der Waals surface area contributed by atoms with Gasteiger partial charge in [-0.05, 0) is 43.3 Å². The Hall–Kier alpha value is -4.60. The molecule has 0 atom stereocenters. The van der Waals surface area contributed by atoms with Gasteiger partial charge in [0.1, 0.15) is 17.5 Å². The maximum atomic E-state index is 14.1. The third-order valence-electron chi connectivity index (χ3n) is 5.39. The summed E-state index contributed by atoms with van der Waals surface area (Å²) in [5.41, 5.74) is 8.39.